The maximum absolute atomic E-state index is 12.8. The molecule has 0 bridgehead atoms. The second-order valence-corrected chi connectivity index (χ2v) is 7.04. The summed E-state index contributed by atoms with van der Waals surface area (Å²) in [6.07, 6.45) is 0. The average Bonchev–Trinajstić information content (AvgIpc) is 2.79. The number of para-hydroxylation sites is 1. The number of anilines is 1. The Bertz CT molecular complexity index is 1170. The smallest absolute Gasteiger partial charge is 0.348 e. The van der Waals surface area contributed by atoms with Gasteiger partial charge in [-0.3, -0.25) is 4.79 Å². The molecule has 3 aromatic rings. The number of nitrogen functional groups attached to an aromatic ring is 1. The standard InChI is InChI=1S/C25H23N3O4/c1-16(26)21(25(31)32-24(30)18-11-6-3-7-12-18)19-13-8-14-20(22(19)27)23(29)28-15-17-9-4-2-5-10-17/h2-14H,15,26-27H2,1H3,(H,28,29). The van der Waals surface area contributed by atoms with Crippen molar-refractivity contribution in [3.05, 3.63) is 107 Å². The predicted molar refractivity (Wildman–Crippen MR) is 122 cm³/mol. The number of hydrogen-bond donors (Lipinski definition) is 3. The highest BCUT2D eigenvalue weighted by Crippen LogP contribution is 2.28. The zero-order valence-corrected chi connectivity index (χ0v) is 17.5. The van der Waals surface area contributed by atoms with Crippen LogP contribution in [0.1, 0.15) is 38.8 Å². The van der Waals surface area contributed by atoms with Crippen LogP contribution in [-0.4, -0.2) is 17.8 Å². The number of carbonyl (C=O) groups excluding carboxylic acids is 3. The largest absolute Gasteiger partial charge is 0.402 e. The van der Waals surface area contributed by atoms with E-state index in [2.05, 4.69) is 5.32 Å². The summed E-state index contributed by atoms with van der Waals surface area (Å²) in [6, 6.07) is 22.2. The summed E-state index contributed by atoms with van der Waals surface area (Å²) in [7, 11) is 0. The first-order valence-electron chi connectivity index (χ1n) is 9.87. The monoisotopic (exact) mass is 429 g/mol. The molecule has 0 atom stereocenters. The number of allylic oxidation sites excluding steroid dienone is 1. The molecule has 0 aliphatic carbocycles. The van der Waals surface area contributed by atoms with Crippen molar-refractivity contribution in [2.45, 2.75) is 13.5 Å². The zero-order chi connectivity index (χ0) is 23.1. The van der Waals surface area contributed by atoms with E-state index >= 15 is 0 Å². The van der Waals surface area contributed by atoms with Gasteiger partial charge in [0, 0.05) is 17.8 Å². The van der Waals surface area contributed by atoms with Gasteiger partial charge < -0.3 is 21.5 Å². The molecule has 7 heteroatoms. The van der Waals surface area contributed by atoms with E-state index in [9.17, 15) is 14.4 Å². The van der Waals surface area contributed by atoms with Crippen LogP contribution in [0.3, 0.4) is 0 Å². The highest BCUT2D eigenvalue weighted by Gasteiger charge is 2.24. The number of amides is 1. The summed E-state index contributed by atoms with van der Waals surface area (Å²) in [4.78, 5) is 37.8. The summed E-state index contributed by atoms with van der Waals surface area (Å²) in [5.41, 5.74) is 13.8. The van der Waals surface area contributed by atoms with Crippen LogP contribution in [0.15, 0.2) is 84.6 Å². The molecule has 0 aliphatic rings. The van der Waals surface area contributed by atoms with Crippen LogP contribution in [0.25, 0.3) is 5.57 Å². The van der Waals surface area contributed by atoms with Gasteiger partial charge in [0.25, 0.3) is 5.91 Å². The van der Waals surface area contributed by atoms with Gasteiger partial charge in [0.1, 0.15) is 0 Å². The first-order valence-corrected chi connectivity index (χ1v) is 9.87. The first kappa shape index (κ1) is 22.3. The Kier molecular flexibility index (Phi) is 7.02. The second-order valence-electron chi connectivity index (χ2n) is 7.04. The number of carbonyl (C=O) groups is 3. The molecule has 0 fully saturated rings. The van der Waals surface area contributed by atoms with Crippen LogP contribution in [0, 0.1) is 0 Å². The summed E-state index contributed by atoms with van der Waals surface area (Å²) < 4.78 is 5.00. The molecule has 0 saturated carbocycles. The van der Waals surface area contributed by atoms with Gasteiger partial charge in [0.05, 0.1) is 22.4 Å². The highest BCUT2D eigenvalue weighted by atomic mass is 16.6. The summed E-state index contributed by atoms with van der Waals surface area (Å²) in [5.74, 6) is -2.17. The summed E-state index contributed by atoms with van der Waals surface area (Å²) in [5, 5.41) is 2.80. The van der Waals surface area contributed by atoms with Gasteiger partial charge in [-0.1, -0.05) is 60.7 Å². The third kappa shape index (κ3) is 5.20. The number of rotatable bonds is 6. The number of ether oxygens (including phenoxy) is 1. The molecule has 0 saturated heterocycles. The van der Waals surface area contributed by atoms with Crippen LogP contribution in [0.2, 0.25) is 0 Å². The summed E-state index contributed by atoms with van der Waals surface area (Å²) in [6.45, 7) is 1.81. The Morgan fingerprint density at radius 2 is 1.44 bits per heavy atom. The minimum absolute atomic E-state index is 0.0574. The van der Waals surface area contributed by atoms with Crippen molar-refractivity contribution in [1.29, 1.82) is 0 Å². The quantitative estimate of drug-likeness (QED) is 0.239. The second kappa shape index (κ2) is 10.1. The van der Waals surface area contributed by atoms with E-state index in [4.69, 9.17) is 16.2 Å². The van der Waals surface area contributed by atoms with Crippen molar-refractivity contribution < 1.29 is 19.1 Å². The highest BCUT2D eigenvalue weighted by molar-refractivity contribution is 6.23. The van der Waals surface area contributed by atoms with Gasteiger partial charge in [0.15, 0.2) is 0 Å². The van der Waals surface area contributed by atoms with Gasteiger partial charge in [-0.25, -0.2) is 9.59 Å². The molecule has 5 N–H and O–H groups in total. The fraction of sp³-hybridized carbons (Fsp3) is 0.0800. The predicted octanol–water partition coefficient (Wildman–Crippen LogP) is 3.27. The van der Waals surface area contributed by atoms with Crippen molar-refractivity contribution in [3.8, 4) is 0 Å². The lowest BCUT2D eigenvalue weighted by Crippen LogP contribution is -2.24. The third-order valence-corrected chi connectivity index (χ3v) is 4.71. The SMILES string of the molecule is CC(N)=C(C(=O)OC(=O)c1ccccc1)c1cccc(C(=O)NCc2ccccc2)c1N. The van der Waals surface area contributed by atoms with E-state index < -0.39 is 17.8 Å². The van der Waals surface area contributed by atoms with Crippen molar-refractivity contribution >= 4 is 29.1 Å². The molecule has 3 rings (SSSR count). The van der Waals surface area contributed by atoms with Gasteiger partial charge >= 0.3 is 11.9 Å². The van der Waals surface area contributed by atoms with Gasteiger partial charge in [-0.2, -0.15) is 0 Å². The van der Waals surface area contributed by atoms with E-state index in [1.807, 2.05) is 30.3 Å². The topological polar surface area (TPSA) is 125 Å². The molecule has 32 heavy (non-hydrogen) atoms. The molecule has 7 nitrogen and oxygen atoms in total. The molecule has 162 valence electrons. The van der Waals surface area contributed by atoms with E-state index in [0.717, 1.165) is 5.56 Å². The number of hydrogen-bond acceptors (Lipinski definition) is 6. The minimum Gasteiger partial charge on any atom is -0.402 e. The van der Waals surface area contributed by atoms with Crippen molar-refractivity contribution in [2.24, 2.45) is 5.73 Å². The number of esters is 2. The Balaban J connectivity index is 1.83. The minimum atomic E-state index is -0.951. The lowest BCUT2D eigenvalue weighted by molar-refractivity contribution is -0.131. The Labute approximate surface area is 185 Å². The first-order chi connectivity index (χ1) is 15.4. The molecule has 0 spiro atoms. The van der Waals surface area contributed by atoms with Crippen molar-refractivity contribution in [1.82, 2.24) is 5.32 Å². The maximum atomic E-state index is 12.8. The van der Waals surface area contributed by atoms with Crippen LogP contribution in [0.5, 0.6) is 0 Å². The fourth-order valence-corrected chi connectivity index (χ4v) is 3.11. The molecule has 0 heterocycles. The number of nitrogens with two attached hydrogens (primary N) is 2. The average molecular weight is 429 g/mol. The van der Waals surface area contributed by atoms with Crippen molar-refractivity contribution in [3.63, 3.8) is 0 Å². The molecular weight excluding hydrogens is 406 g/mol. The van der Waals surface area contributed by atoms with Gasteiger partial charge in [0.2, 0.25) is 0 Å². The van der Waals surface area contributed by atoms with Crippen LogP contribution < -0.4 is 16.8 Å². The van der Waals surface area contributed by atoms with E-state index in [-0.39, 0.29) is 33.6 Å². The summed E-state index contributed by atoms with van der Waals surface area (Å²) >= 11 is 0. The normalized spacial score (nSPS) is 11.3. The third-order valence-electron chi connectivity index (χ3n) is 4.71. The fourth-order valence-electron chi connectivity index (χ4n) is 3.11. The maximum Gasteiger partial charge on any atom is 0.348 e. The van der Waals surface area contributed by atoms with E-state index in [1.165, 1.54) is 19.1 Å². The van der Waals surface area contributed by atoms with Crippen LogP contribution in [-0.2, 0) is 16.1 Å². The molecule has 0 aromatic heterocycles. The van der Waals surface area contributed by atoms with E-state index in [1.54, 1.807) is 36.4 Å². The zero-order valence-electron chi connectivity index (χ0n) is 17.5. The lowest BCUT2D eigenvalue weighted by Gasteiger charge is -2.14. The number of nitrogens with one attached hydrogen (secondary N) is 1. The van der Waals surface area contributed by atoms with Crippen molar-refractivity contribution in [2.75, 3.05) is 5.73 Å². The van der Waals surface area contributed by atoms with Crippen LogP contribution >= 0.6 is 0 Å². The van der Waals surface area contributed by atoms with Gasteiger partial charge in [-0.05, 0) is 30.7 Å². The molecule has 3 aromatic carbocycles. The Morgan fingerprint density at radius 1 is 0.844 bits per heavy atom. The molecule has 0 radical (unpaired) electrons. The Hall–Kier alpha value is -4.39. The Morgan fingerprint density at radius 3 is 2.06 bits per heavy atom. The lowest BCUT2D eigenvalue weighted by atomic mass is 9.98. The molecular formula is C25H23N3O4. The number of benzene rings is 3. The molecule has 1 amide bonds. The molecule has 0 unspecified atom stereocenters. The van der Waals surface area contributed by atoms with E-state index in [0.29, 0.717) is 6.54 Å². The van der Waals surface area contributed by atoms with Crippen LogP contribution in [0.4, 0.5) is 5.69 Å². The molecule has 0 aliphatic heterocycles. The van der Waals surface area contributed by atoms with Gasteiger partial charge in [-0.15, -0.1) is 0 Å².